The molecule has 0 bridgehead atoms. The molecule has 1 saturated carbocycles. The predicted octanol–water partition coefficient (Wildman–Crippen LogP) is 14.9. The van der Waals surface area contributed by atoms with Crippen molar-refractivity contribution in [3.05, 3.63) is 12.2 Å². The van der Waals surface area contributed by atoms with Gasteiger partial charge in [0.25, 0.3) is 0 Å². The Bertz CT molecular complexity index is 1110. The number of ether oxygens (including phenoxy) is 2. The summed E-state index contributed by atoms with van der Waals surface area (Å²) in [6.45, 7) is 10.9. The van der Waals surface area contributed by atoms with Gasteiger partial charge in [-0.2, -0.15) is 0 Å². The van der Waals surface area contributed by atoms with Crippen molar-refractivity contribution in [3.63, 3.8) is 0 Å². The fraction of sp³-hybridized carbons (Fsp3) is 0.911. The summed E-state index contributed by atoms with van der Waals surface area (Å²) in [4.78, 5) is 45.0. The molecule has 1 unspecified atom stereocenters. The predicted molar refractivity (Wildman–Crippen MR) is 273 cm³/mol. The second kappa shape index (κ2) is 43.6. The lowest BCUT2D eigenvalue weighted by Gasteiger charge is -2.49. The summed E-state index contributed by atoms with van der Waals surface area (Å²) < 4.78 is 11.2. The Kier molecular flexibility index (Phi) is 41.0. The first-order valence-corrected chi connectivity index (χ1v) is 27.9. The standard InChI is InChI=1S/C56H107N3O5/c1-6-9-12-15-18-20-21-22-23-24-25-26-27-29-32-37-46-57-55(62)56(44-38-45-56)59(48-39-47-58(4)49-50-63-5)53(60)42-35-36-43-54(61)64-51-52(40-33-30-17-14-11-8-3)41-34-31-28-19-16-13-10-7-2/h22-23,52H,6-21,24-51H2,1-5H3,(H,57,62)/b23-22-. The van der Waals surface area contributed by atoms with Gasteiger partial charge in [-0.1, -0.05) is 181 Å². The number of allylic oxidation sites excluding steroid dienone is 2. The minimum Gasteiger partial charge on any atom is -0.465 e. The monoisotopic (exact) mass is 902 g/mol. The molecule has 64 heavy (non-hydrogen) atoms. The Morgan fingerprint density at radius 3 is 1.56 bits per heavy atom. The third kappa shape index (κ3) is 31.9. The molecule has 8 heteroatoms. The largest absolute Gasteiger partial charge is 0.465 e. The maximum atomic E-state index is 14.0. The van der Waals surface area contributed by atoms with Crippen LogP contribution in [0.4, 0.5) is 0 Å². The normalized spacial score (nSPS) is 14.0. The molecule has 0 aromatic heterocycles. The number of esters is 1. The summed E-state index contributed by atoms with van der Waals surface area (Å²) in [5.74, 6) is 0.391. The zero-order chi connectivity index (χ0) is 46.6. The van der Waals surface area contributed by atoms with Crippen molar-refractivity contribution in [1.29, 1.82) is 0 Å². The number of likely N-dealkylation sites (N-methyl/N-ethyl adjacent to an activating group) is 1. The van der Waals surface area contributed by atoms with E-state index in [1.54, 1.807) is 7.11 Å². The number of rotatable bonds is 48. The van der Waals surface area contributed by atoms with Crippen LogP contribution in [0.25, 0.3) is 0 Å². The molecule has 0 heterocycles. The Morgan fingerprint density at radius 2 is 1.06 bits per heavy atom. The van der Waals surface area contributed by atoms with Gasteiger partial charge in [0.1, 0.15) is 5.54 Å². The minimum absolute atomic E-state index is 0.0265. The van der Waals surface area contributed by atoms with Gasteiger partial charge >= 0.3 is 5.97 Å². The van der Waals surface area contributed by atoms with E-state index in [0.717, 1.165) is 64.5 Å². The molecular weight excluding hydrogens is 795 g/mol. The van der Waals surface area contributed by atoms with E-state index >= 15 is 0 Å². The van der Waals surface area contributed by atoms with Gasteiger partial charge in [-0.15, -0.1) is 0 Å². The highest BCUT2D eigenvalue weighted by molar-refractivity contribution is 5.92. The summed E-state index contributed by atoms with van der Waals surface area (Å²) >= 11 is 0. The van der Waals surface area contributed by atoms with Gasteiger partial charge in [0.2, 0.25) is 11.8 Å². The van der Waals surface area contributed by atoms with Gasteiger partial charge in [0.05, 0.1) is 13.2 Å². The van der Waals surface area contributed by atoms with Gasteiger partial charge in [0, 0.05) is 39.6 Å². The lowest BCUT2D eigenvalue weighted by molar-refractivity contribution is -0.154. The molecule has 1 rings (SSSR count). The molecule has 1 atom stereocenters. The van der Waals surface area contributed by atoms with E-state index in [4.69, 9.17) is 9.47 Å². The third-order valence-corrected chi connectivity index (χ3v) is 13.9. The van der Waals surface area contributed by atoms with Gasteiger partial charge < -0.3 is 24.6 Å². The Morgan fingerprint density at radius 1 is 0.578 bits per heavy atom. The number of unbranched alkanes of at least 4 members (excludes halogenated alkanes) is 25. The second-order valence-corrected chi connectivity index (χ2v) is 19.9. The highest BCUT2D eigenvalue weighted by Gasteiger charge is 2.50. The average Bonchev–Trinajstić information content (AvgIpc) is 3.28. The SMILES string of the molecule is CCCCCCCC/C=C\CCCCCCCCNC(=O)C1(N(CCCN(C)CCOC)C(=O)CCCCC(=O)OCC(CCCCCCCC)CCCCCCCCCC)CCC1. The zero-order valence-electron chi connectivity index (χ0n) is 43.3. The first-order valence-electron chi connectivity index (χ1n) is 27.9. The van der Waals surface area contributed by atoms with E-state index in [1.807, 2.05) is 4.90 Å². The highest BCUT2D eigenvalue weighted by Crippen LogP contribution is 2.39. The fourth-order valence-electron chi connectivity index (χ4n) is 9.36. The van der Waals surface area contributed by atoms with E-state index < -0.39 is 5.54 Å². The van der Waals surface area contributed by atoms with Crippen molar-refractivity contribution >= 4 is 17.8 Å². The quantitative estimate of drug-likeness (QED) is 0.0372. The van der Waals surface area contributed by atoms with Gasteiger partial charge in [0.15, 0.2) is 0 Å². The average molecular weight is 902 g/mol. The first kappa shape index (κ1) is 60.1. The minimum atomic E-state index is -0.746. The number of hydrogen-bond acceptors (Lipinski definition) is 6. The number of carbonyl (C=O) groups excluding carboxylic acids is 3. The Hall–Kier alpha value is -1.93. The van der Waals surface area contributed by atoms with E-state index in [9.17, 15) is 14.4 Å². The Balaban J connectivity index is 2.56. The van der Waals surface area contributed by atoms with Gasteiger partial charge in [-0.3, -0.25) is 14.4 Å². The first-order chi connectivity index (χ1) is 31.3. The van der Waals surface area contributed by atoms with Gasteiger partial charge in [-0.25, -0.2) is 0 Å². The number of nitrogens with zero attached hydrogens (tertiary/aromatic N) is 2. The topological polar surface area (TPSA) is 88.2 Å². The van der Waals surface area contributed by atoms with Crippen molar-refractivity contribution in [2.45, 2.75) is 270 Å². The molecule has 0 saturated heterocycles. The van der Waals surface area contributed by atoms with E-state index in [-0.39, 0.29) is 17.8 Å². The van der Waals surface area contributed by atoms with Crippen LogP contribution in [0.3, 0.4) is 0 Å². The molecule has 0 aromatic rings. The van der Waals surface area contributed by atoms with Crippen LogP contribution in [0.1, 0.15) is 265 Å². The summed E-state index contributed by atoms with van der Waals surface area (Å²) in [5.41, 5.74) is -0.746. The second-order valence-electron chi connectivity index (χ2n) is 19.9. The van der Waals surface area contributed by atoms with E-state index in [2.05, 4.69) is 50.2 Å². The van der Waals surface area contributed by atoms with Crippen molar-refractivity contribution in [1.82, 2.24) is 15.1 Å². The fourth-order valence-corrected chi connectivity index (χ4v) is 9.36. The van der Waals surface area contributed by atoms with Gasteiger partial charge in [-0.05, 0) is 103 Å². The third-order valence-electron chi connectivity index (χ3n) is 13.9. The van der Waals surface area contributed by atoms with Crippen LogP contribution in [-0.2, 0) is 23.9 Å². The maximum Gasteiger partial charge on any atom is 0.305 e. The molecule has 0 spiro atoms. The van der Waals surface area contributed by atoms with Crippen LogP contribution in [-0.4, -0.2) is 86.7 Å². The lowest BCUT2D eigenvalue weighted by Crippen LogP contribution is -2.64. The molecular formula is C56H107N3O5. The van der Waals surface area contributed by atoms with Crippen LogP contribution < -0.4 is 5.32 Å². The molecule has 0 radical (unpaired) electrons. The summed E-state index contributed by atoms with van der Waals surface area (Å²) in [7, 11) is 3.80. The highest BCUT2D eigenvalue weighted by atomic mass is 16.5. The van der Waals surface area contributed by atoms with Crippen LogP contribution in [0.5, 0.6) is 0 Å². The van der Waals surface area contributed by atoms with Crippen molar-refractivity contribution < 1.29 is 23.9 Å². The molecule has 1 fully saturated rings. The van der Waals surface area contributed by atoms with Crippen molar-refractivity contribution in [2.24, 2.45) is 5.92 Å². The molecule has 2 amide bonds. The summed E-state index contributed by atoms with van der Waals surface area (Å²) in [5, 5.41) is 3.26. The van der Waals surface area contributed by atoms with Crippen LogP contribution in [0.2, 0.25) is 0 Å². The van der Waals surface area contributed by atoms with Crippen LogP contribution >= 0.6 is 0 Å². The molecule has 1 aliphatic rings. The zero-order valence-corrected chi connectivity index (χ0v) is 43.3. The smallest absolute Gasteiger partial charge is 0.305 e. The van der Waals surface area contributed by atoms with E-state index in [1.165, 1.54) is 167 Å². The van der Waals surface area contributed by atoms with Crippen molar-refractivity contribution in [3.8, 4) is 0 Å². The molecule has 376 valence electrons. The van der Waals surface area contributed by atoms with Crippen molar-refractivity contribution in [2.75, 3.05) is 53.6 Å². The van der Waals surface area contributed by atoms with E-state index in [0.29, 0.717) is 57.9 Å². The van der Waals surface area contributed by atoms with Crippen LogP contribution in [0.15, 0.2) is 12.2 Å². The number of amides is 2. The number of nitrogens with one attached hydrogen (secondary N) is 1. The maximum absolute atomic E-state index is 14.0. The molecule has 0 aliphatic heterocycles. The van der Waals surface area contributed by atoms with Crippen LogP contribution in [0, 0.1) is 5.92 Å². The molecule has 0 aromatic carbocycles. The number of hydrogen-bond donors (Lipinski definition) is 1. The summed E-state index contributed by atoms with van der Waals surface area (Å²) in [6, 6.07) is 0. The Labute approximate surface area is 397 Å². The summed E-state index contributed by atoms with van der Waals surface area (Å²) in [6.07, 6.45) is 48.2. The molecule has 1 N–H and O–H groups in total. The lowest BCUT2D eigenvalue weighted by atomic mass is 9.74. The number of methoxy groups -OCH3 is 1. The number of carbonyl (C=O) groups is 3. The molecule has 1 aliphatic carbocycles. The molecule has 8 nitrogen and oxygen atoms in total.